The van der Waals surface area contributed by atoms with Crippen LogP contribution in [-0.2, 0) is 17.8 Å². The van der Waals surface area contributed by atoms with Crippen molar-refractivity contribution < 1.29 is 27.1 Å². The van der Waals surface area contributed by atoms with Crippen molar-refractivity contribution in [3.05, 3.63) is 41.6 Å². The Morgan fingerprint density at radius 1 is 1.22 bits per heavy atom. The molecule has 0 aliphatic carbocycles. The van der Waals surface area contributed by atoms with E-state index in [1.54, 1.807) is 26.8 Å². The van der Waals surface area contributed by atoms with Crippen LogP contribution in [0.4, 0.5) is 22.4 Å². The summed E-state index contributed by atoms with van der Waals surface area (Å²) >= 11 is 0. The number of amides is 1. The second-order valence-electron chi connectivity index (χ2n) is 8.78. The van der Waals surface area contributed by atoms with Gasteiger partial charge in [-0.2, -0.15) is 18.3 Å². The van der Waals surface area contributed by atoms with Crippen molar-refractivity contribution in [2.75, 3.05) is 13.1 Å². The van der Waals surface area contributed by atoms with Gasteiger partial charge >= 0.3 is 12.3 Å². The summed E-state index contributed by atoms with van der Waals surface area (Å²) in [5.74, 6) is -0.649. The third kappa shape index (κ3) is 4.68. The zero-order valence-corrected chi connectivity index (χ0v) is 17.7. The van der Waals surface area contributed by atoms with Gasteiger partial charge in [0.2, 0.25) is 0 Å². The van der Waals surface area contributed by atoms with Crippen LogP contribution in [0.2, 0.25) is 0 Å². The number of carbonyl (C=O) groups is 1. The molecule has 1 amide bonds. The van der Waals surface area contributed by atoms with Crippen molar-refractivity contribution in [3.8, 4) is 0 Å². The van der Waals surface area contributed by atoms with Gasteiger partial charge in [-0.15, -0.1) is 5.10 Å². The fourth-order valence-corrected chi connectivity index (χ4v) is 3.57. The van der Waals surface area contributed by atoms with Crippen LogP contribution in [0.3, 0.4) is 0 Å². The summed E-state index contributed by atoms with van der Waals surface area (Å²) < 4.78 is 59.9. The molecule has 12 heteroatoms. The highest BCUT2D eigenvalue weighted by Crippen LogP contribution is 2.34. The van der Waals surface area contributed by atoms with E-state index in [0.29, 0.717) is 34.4 Å². The summed E-state index contributed by atoms with van der Waals surface area (Å²) in [5, 5.41) is 12.1. The Labute approximate surface area is 180 Å². The minimum absolute atomic E-state index is 0.0281. The molecule has 1 aromatic carbocycles. The number of hydrogen-bond acceptors (Lipinski definition) is 5. The predicted molar refractivity (Wildman–Crippen MR) is 105 cm³/mol. The number of alkyl halides is 3. The third-order valence-corrected chi connectivity index (χ3v) is 4.91. The molecule has 0 spiro atoms. The van der Waals surface area contributed by atoms with E-state index in [1.165, 1.54) is 27.9 Å². The maximum absolute atomic E-state index is 14.7. The van der Waals surface area contributed by atoms with Crippen molar-refractivity contribution in [1.29, 1.82) is 0 Å². The largest absolute Gasteiger partial charge is 0.444 e. The van der Waals surface area contributed by atoms with Crippen LogP contribution >= 0.6 is 0 Å². The molecule has 0 N–H and O–H groups in total. The first-order valence-electron chi connectivity index (χ1n) is 9.98. The van der Waals surface area contributed by atoms with Crippen LogP contribution in [-0.4, -0.2) is 60.6 Å². The number of halogens is 4. The Hall–Kier alpha value is -3.18. The van der Waals surface area contributed by atoms with Crippen molar-refractivity contribution >= 4 is 17.0 Å². The van der Waals surface area contributed by atoms with E-state index in [-0.39, 0.29) is 18.2 Å². The van der Waals surface area contributed by atoms with Gasteiger partial charge < -0.3 is 9.64 Å². The number of hydrogen-bond donors (Lipinski definition) is 0. The number of fused-ring (bicyclic) bond motifs is 1. The molecule has 1 saturated heterocycles. The van der Waals surface area contributed by atoms with Crippen LogP contribution in [0.1, 0.15) is 38.1 Å². The van der Waals surface area contributed by atoms with Crippen LogP contribution in [0.15, 0.2) is 24.4 Å². The molecule has 0 saturated carbocycles. The van der Waals surface area contributed by atoms with E-state index in [1.807, 2.05) is 0 Å². The lowest BCUT2D eigenvalue weighted by Gasteiger charge is -2.39. The van der Waals surface area contributed by atoms with E-state index in [2.05, 4.69) is 15.4 Å². The van der Waals surface area contributed by atoms with Crippen molar-refractivity contribution in [2.45, 2.75) is 51.6 Å². The monoisotopic (exact) mass is 454 g/mol. The summed E-state index contributed by atoms with van der Waals surface area (Å²) in [6.45, 7) is 4.77. The SMILES string of the molecule is CC(C)(C)OC(=O)N1CC(c2nn(Cc3cn(CC(F)(F)F)nn3)c3cccc(F)c23)C1. The second kappa shape index (κ2) is 7.75. The lowest BCUT2D eigenvalue weighted by molar-refractivity contribution is -0.142. The van der Waals surface area contributed by atoms with E-state index in [4.69, 9.17) is 4.74 Å². The number of aromatic nitrogens is 5. The normalized spacial score (nSPS) is 15.3. The summed E-state index contributed by atoms with van der Waals surface area (Å²) in [6.07, 6.45) is -3.67. The van der Waals surface area contributed by atoms with Crippen LogP contribution in [0, 0.1) is 5.82 Å². The molecule has 2 aromatic heterocycles. The zero-order chi connectivity index (χ0) is 23.3. The first-order valence-corrected chi connectivity index (χ1v) is 9.98. The first kappa shape index (κ1) is 22.0. The molecule has 0 atom stereocenters. The lowest BCUT2D eigenvalue weighted by atomic mass is 9.94. The maximum atomic E-state index is 14.7. The van der Waals surface area contributed by atoms with Crippen LogP contribution in [0.25, 0.3) is 10.9 Å². The van der Waals surface area contributed by atoms with E-state index >= 15 is 0 Å². The minimum Gasteiger partial charge on any atom is -0.444 e. The Morgan fingerprint density at radius 3 is 2.59 bits per heavy atom. The Morgan fingerprint density at radius 2 is 1.94 bits per heavy atom. The fourth-order valence-electron chi connectivity index (χ4n) is 3.57. The highest BCUT2D eigenvalue weighted by atomic mass is 19.4. The standard InChI is InChI=1S/C20H22F4N6O2/c1-19(2,3)32-18(31)28-7-12(8-28)17-16-14(21)5-4-6-15(16)30(26-17)10-13-9-29(27-25-13)11-20(22,23)24/h4-6,9,12H,7-8,10-11H2,1-3H3. The number of ether oxygens (including phenoxy) is 1. The molecule has 1 aliphatic heterocycles. The highest BCUT2D eigenvalue weighted by Gasteiger charge is 2.37. The molecule has 3 heterocycles. The third-order valence-electron chi connectivity index (χ3n) is 4.91. The average molecular weight is 454 g/mol. The molecule has 0 bridgehead atoms. The van der Waals surface area contributed by atoms with Gasteiger partial charge in [-0.1, -0.05) is 11.3 Å². The number of likely N-dealkylation sites (tertiary alicyclic amines) is 1. The molecule has 8 nitrogen and oxygen atoms in total. The van der Waals surface area contributed by atoms with Gasteiger partial charge in [-0.3, -0.25) is 4.68 Å². The van der Waals surface area contributed by atoms with Crippen molar-refractivity contribution in [3.63, 3.8) is 0 Å². The predicted octanol–water partition coefficient (Wildman–Crippen LogP) is 3.71. The van der Waals surface area contributed by atoms with Gasteiger partial charge in [0.1, 0.15) is 23.7 Å². The van der Waals surface area contributed by atoms with E-state index in [9.17, 15) is 22.4 Å². The quantitative estimate of drug-likeness (QED) is 0.562. The number of nitrogens with zero attached hydrogens (tertiary/aromatic N) is 6. The first-order chi connectivity index (χ1) is 14.9. The molecule has 32 heavy (non-hydrogen) atoms. The fraction of sp³-hybridized carbons (Fsp3) is 0.500. The molecule has 4 rings (SSSR count). The summed E-state index contributed by atoms with van der Waals surface area (Å²) in [6, 6.07) is 4.54. The van der Waals surface area contributed by atoms with Gasteiger partial charge in [0.25, 0.3) is 0 Å². The van der Waals surface area contributed by atoms with Gasteiger partial charge in [0, 0.05) is 19.0 Å². The summed E-state index contributed by atoms with van der Waals surface area (Å²) in [5.41, 5.74) is 0.617. The molecule has 172 valence electrons. The highest BCUT2D eigenvalue weighted by molar-refractivity contribution is 5.84. The molecule has 0 radical (unpaired) electrons. The molecule has 0 unspecified atom stereocenters. The van der Waals surface area contributed by atoms with Gasteiger partial charge in [0.15, 0.2) is 0 Å². The van der Waals surface area contributed by atoms with Gasteiger partial charge in [-0.25, -0.2) is 13.9 Å². The Balaban J connectivity index is 1.55. The van der Waals surface area contributed by atoms with Gasteiger partial charge in [-0.05, 0) is 32.9 Å². The Bertz CT molecular complexity index is 1140. The number of carbonyl (C=O) groups excluding carboxylic acids is 1. The average Bonchev–Trinajstić information content (AvgIpc) is 3.17. The zero-order valence-electron chi connectivity index (χ0n) is 17.7. The lowest BCUT2D eigenvalue weighted by Crippen LogP contribution is -2.50. The van der Waals surface area contributed by atoms with Crippen LogP contribution < -0.4 is 0 Å². The maximum Gasteiger partial charge on any atom is 0.410 e. The molecule has 3 aromatic rings. The number of rotatable bonds is 4. The molecular formula is C20H22F4N6O2. The van der Waals surface area contributed by atoms with Gasteiger partial charge in [0.05, 0.1) is 29.3 Å². The van der Waals surface area contributed by atoms with Crippen molar-refractivity contribution in [1.82, 2.24) is 29.7 Å². The smallest absolute Gasteiger partial charge is 0.410 e. The summed E-state index contributed by atoms with van der Waals surface area (Å²) in [7, 11) is 0. The topological polar surface area (TPSA) is 78.1 Å². The van der Waals surface area contributed by atoms with Crippen LogP contribution in [0.5, 0.6) is 0 Å². The molecule has 1 fully saturated rings. The number of benzene rings is 1. The summed E-state index contributed by atoms with van der Waals surface area (Å²) in [4.78, 5) is 13.7. The second-order valence-corrected chi connectivity index (χ2v) is 8.78. The molecular weight excluding hydrogens is 432 g/mol. The minimum atomic E-state index is -4.41. The van der Waals surface area contributed by atoms with E-state index in [0.717, 1.165) is 0 Å². The molecule has 1 aliphatic rings. The van der Waals surface area contributed by atoms with Crippen molar-refractivity contribution in [2.24, 2.45) is 0 Å². The van der Waals surface area contributed by atoms with E-state index < -0.39 is 30.2 Å². The Kier molecular flexibility index (Phi) is 5.33.